The number of allylic oxidation sites excluding steroid dienone is 1. The molecule has 2 aromatic heterocycles. The summed E-state index contributed by atoms with van der Waals surface area (Å²) in [5.74, 6) is 0.245. The molecule has 0 bridgehead atoms. The summed E-state index contributed by atoms with van der Waals surface area (Å²) < 4.78 is 0. The lowest BCUT2D eigenvalue weighted by molar-refractivity contribution is 0.881. The topological polar surface area (TPSA) is 103 Å². The highest BCUT2D eigenvalue weighted by molar-refractivity contribution is 5.84. The molecule has 2 heterocycles. The van der Waals surface area contributed by atoms with Gasteiger partial charge < -0.3 is 5.32 Å². The zero-order valence-corrected chi connectivity index (χ0v) is 13.6. The lowest BCUT2D eigenvalue weighted by atomic mass is 10.0. The average molecular weight is 339 g/mol. The lowest BCUT2D eigenvalue weighted by Crippen LogP contribution is -1.93. The first-order valence-corrected chi connectivity index (χ1v) is 7.89. The summed E-state index contributed by atoms with van der Waals surface area (Å²) in [5, 5.41) is 26.8. The van der Waals surface area contributed by atoms with Gasteiger partial charge in [0.15, 0.2) is 0 Å². The van der Waals surface area contributed by atoms with Crippen LogP contribution in [0.3, 0.4) is 0 Å². The molecule has 2 N–H and O–H groups in total. The monoisotopic (exact) mass is 339 g/mol. The molecule has 0 spiro atoms. The molecule has 7 heteroatoms. The molecule has 0 fully saturated rings. The Hall–Kier alpha value is -4.05. The van der Waals surface area contributed by atoms with Crippen LogP contribution < -0.4 is 5.32 Å². The van der Waals surface area contributed by atoms with Gasteiger partial charge in [0.25, 0.3) is 0 Å². The molecule has 0 saturated heterocycles. The van der Waals surface area contributed by atoms with Crippen molar-refractivity contribution < 1.29 is 0 Å². The smallest absolute Gasteiger partial charge is 0.216 e. The van der Waals surface area contributed by atoms with Crippen molar-refractivity contribution in [2.24, 2.45) is 0 Å². The summed E-state index contributed by atoms with van der Waals surface area (Å²) >= 11 is 0. The molecule has 4 rings (SSSR count). The summed E-state index contributed by atoms with van der Waals surface area (Å²) in [6, 6.07) is 20.0. The number of anilines is 1. The highest BCUT2D eigenvalue weighted by Crippen LogP contribution is 2.25. The van der Waals surface area contributed by atoms with Crippen LogP contribution in [0.4, 0.5) is 5.69 Å². The van der Waals surface area contributed by atoms with Crippen molar-refractivity contribution in [2.75, 3.05) is 5.32 Å². The quantitative estimate of drug-likeness (QED) is 0.552. The van der Waals surface area contributed by atoms with E-state index in [0.717, 1.165) is 27.7 Å². The van der Waals surface area contributed by atoms with E-state index in [2.05, 4.69) is 37.0 Å². The Morgan fingerprint density at radius 1 is 1.08 bits per heavy atom. The minimum absolute atomic E-state index is 0.245. The first kappa shape index (κ1) is 15.5. The molecule has 0 unspecified atom stereocenters. The Morgan fingerprint density at radius 3 is 2.85 bits per heavy atom. The van der Waals surface area contributed by atoms with Crippen molar-refractivity contribution in [1.29, 1.82) is 5.26 Å². The zero-order valence-electron chi connectivity index (χ0n) is 13.6. The van der Waals surface area contributed by atoms with Gasteiger partial charge in [0.1, 0.15) is 11.6 Å². The van der Waals surface area contributed by atoms with Crippen molar-refractivity contribution >= 4 is 22.2 Å². The summed E-state index contributed by atoms with van der Waals surface area (Å²) in [6.45, 7) is 0. The van der Waals surface area contributed by atoms with E-state index in [1.165, 1.54) is 0 Å². The number of benzene rings is 2. The normalized spacial score (nSPS) is 11.3. The summed E-state index contributed by atoms with van der Waals surface area (Å²) in [6.07, 6.45) is 3.42. The fourth-order valence-electron chi connectivity index (χ4n) is 2.60. The molecule has 124 valence electrons. The highest BCUT2D eigenvalue weighted by atomic mass is 15.5. The van der Waals surface area contributed by atoms with E-state index >= 15 is 0 Å². The van der Waals surface area contributed by atoms with Crippen LogP contribution in [0.5, 0.6) is 0 Å². The van der Waals surface area contributed by atoms with Crippen LogP contribution in [0.1, 0.15) is 5.82 Å². The van der Waals surface area contributed by atoms with Gasteiger partial charge in [-0.2, -0.15) is 10.5 Å². The number of rotatable bonds is 4. The Balaban J connectivity index is 1.63. The molecule has 4 aromatic rings. The van der Waals surface area contributed by atoms with Crippen LogP contribution in [0.25, 0.3) is 27.6 Å². The van der Waals surface area contributed by atoms with Crippen molar-refractivity contribution in [3.8, 4) is 17.2 Å². The number of para-hydroxylation sites is 1. The third-order valence-corrected chi connectivity index (χ3v) is 3.88. The highest BCUT2D eigenvalue weighted by Gasteiger charge is 2.06. The predicted octanol–water partition coefficient (Wildman–Crippen LogP) is 3.39. The van der Waals surface area contributed by atoms with E-state index in [1.807, 2.05) is 60.8 Å². The number of hydrogen-bond donors (Lipinski definition) is 2. The largest absolute Gasteiger partial charge is 0.360 e. The SMILES string of the molecule is N#CC(=CNc1cccc(-c2cnc3ccccc3c2)c1)c1nn[nH]n1. The van der Waals surface area contributed by atoms with Gasteiger partial charge in [0, 0.05) is 29.0 Å². The van der Waals surface area contributed by atoms with Gasteiger partial charge in [-0.15, -0.1) is 10.2 Å². The van der Waals surface area contributed by atoms with E-state index < -0.39 is 0 Å². The van der Waals surface area contributed by atoms with Crippen molar-refractivity contribution in [3.63, 3.8) is 0 Å². The van der Waals surface area contributed by atoms with Gasteiger partial charge in [-0.05, 0) is 35.0 Å². The number of hydrogen-bond acceptors (Lipinski definition) is 6. The molecule has 0 aliphatic carbocycles. The molecular formula is C19H13N7. The number of nitrogens with one attached hydrogen (secondary N) is 2. The van der Waals surface area contributed by atoms with Crippen LogP contribution in [-0.4, -0.2) is 25.6 Å². The molecule has 0 amide bonds. The second-order valence-electron chi connectivity index (χ2n) is 5.55. The number of pyridine rings is 1. The number of tetrazole rings is 1. The Labute approximate surface area is 149 Å². The molecule has 0 aliphatic rings. The lowest BCUT2D eigenvalue weighted by Gasteiger charge is -2.07. The summed E-state index contributed by atoms with van der Waals surface area (Å²) in [4.78, 5) is 4.51. The second-order valence-corrected chi connectivity index (χ2v) is 5.55. The third kappa shape index (κ3) is 3.12. The third-order valence-electron chi connectivity index (χ3n) is 3.88. The minimum Gasteiger partial charge on any atom is -0.360 e. The first-order valence-electron chi connectivity index (χ1n) is 7.89. The second kappa shape index (κ2) is 6.83. The van der Waals surface area contributed by atoms with Gasteiger partial charge in [0.2, 0.25) is 5.82 Å². The number of aromatic nitrogens is 5. The number of nitrogens with zero attached hydrogens (tertiary/aromatic N) is 5. The number of aromatic amines is 1. The van der Waals surface area contributed by atoms with Crippen molar-refractivity contribution in [1.82, 2.24) is 25.6 Å². The van der Waals surface area contributed by atoms with E-state index in [4.69, 9.17) is 0 Å². The molecule has 0 saturated carbocycles. The predicted molar refractivity (Wildman–Crippen MR) is 98.6 cm³/mol. The Kier molecular flexibility index (Phi) is 4.06. The van der Waals surface area contributed by atoms with Crippen LogP contribution >= 0.6 is 0 Å². The van der Waals surface area contributed by atoms with Crippen LogP contribution in [0.15, 0.2) is 67.0 Å². The van der Waals surface area contributed by atoms with Gasteiger partial charge >= 0.3 is 0 Å². The van der Waals surface area contributed by atoms with Crippen LogP contribution in [0, 0.1) is 11.3 Å². The Morgan fingerprint density at radius 2 is 2.00 bits per heavy atom. The van der Waals surface area contributed by atoms with Gasteiger partial charge in [-0.3, -0.25) is 4.98 Å². The minimum atomic E-state index is 0.245. The standard InChI is InChI=1S/C19H13N7/c20-10-16(19-23-25-26-24-19)12-21-17-6-3-5-13(9-17)15-8-14-4-1-2-7-18(14)22-11-15/h1-9,11-12,21H,(H,23,24,25,26). The number of nitriles is 1. The fraction of sp³-hybridized carbons (Fsp3) is 0. The number of fused-ring (bicyclic) bond motifs is 1. The maximum absolute atomic E-state index is 9.22. The van der Waals surface area contributed by atoms with Gasteiger partial charge in [-0.1, -0.05) is 30.3 Å². The van der Waals surface area contributed by atoms with E-state index in [-0.39, 0.29) is 11.4 Å². The van der Waals surface area contributed by atoms with Gasteiger partial charge in [-0.25, -0.2) is 0 Å². The molecule has 2 aromatic carbocycles. The van der Waals surface area contributed by atoms with Gasteiger partial charge in [0.05, 0.1) is 5.52 Å². The molecule has 0 radical (unpaired) electrons. The number of H-pyrrole nitrogens is 1. The first-order chi connectivity index (χ1) is 12.8. The van der Waals surface area contributed by atoms with E-state index in [1.54, 1.807) is 6.20 Å². The molecule has 0 atom stereocenters. The fourth-order valence-corrected chi connectivity index (χ4v) is 2.60. The van der Waals surface area contributed by atoms with E-state index in [9.17, 15) is 5.26 Å². The maximum atomic E-state index is 9.22. The molecule has 7 nitrogen and oxygen atoms in total. The van der Waals surface area contributed by atoms with Crippen LogP contribution in [0.2, 0.25) is 0 Å². The summed E-state index contributed by atoms with van der Waals surface area (Å²) in [7, 11) is 0. The molecule has 0 aliphatic heterocycles. The van der Waals surface area contributed by atoms with Crippen molar-refractivity contribution in [3.05, 3.63) is 72.8 Å². The molecular weight excluding hydrogens is 326 g/mol. The molecule has 26 heavy (non-hydrogen) atoms. The average Bonchev–Trinajstić information content (AvgIpc) is 3.23. The van der Waals surface area contributed by atoms with E-state index in [0.29, 0.717) is 0 Å². The zero-order chi connectivity index (χ0) is 17.8. The summed E-state index contributed by atoms with van der Waals surface area (Å²) in [5.41, 5.74) is 4.14. The Bertz CT molecular complexity index is 1120. The maximum Gasteiger partial charge on any atom is 0.216 e. The van der Waals surface area contributed by atoms with Crippen LogP contribution in [-0.2, 0) is 0 Å². The van der Waals surface area contributed by atoms with Crippen molar-refractivity contribution in [2.45, 2.75) is 0 Å².